The van der Waals surface area contributed by atoms with Crippen molar-refractivity contribution in [3.05, 3.63) is 11.6 Å². The van der Waals surface area contributed by atoms with E-state index in [1.807, 2.05) is 0 Å². The summed E-state index contributed by atoms with van der Waals surface area (Å²) in [5, 5.41) is 11.1. The first-order valence-electron chi connectivity index (χ1n) is 14.0. The van der Waals surface area contributed by atoms with Crippen molar-refractivity contribution >= 4 is 11.8 Å². The smallest absolute Gasteiger partial charge is 0.346 e. The number of ketones is 1. The van der Waals surface area contributed by atoms with E-state index in [1.54, 1.807) is 0 Å². The molecule has 0 aromatic heterocycles. The summed E-state index contributed by atoms with van der Waals surface area (Å²) in [6.45, 7) is 14.3. The van der Waals surface area contributed by atoms with Gasteiger partial charge in [0.2, 0.25) is 11.4 Å². The minimum Gasteiger partial charge on any atom is -0.467 e. The maximum absolute atomic E-state index is 13.2. The van der Waals surface area contributed by atoms with Gasteiger partial charge < -0.3 is 9.84 Å². The predicted octanol–water partition coefficient (Wildman–Crippen LogP) is 6.36. The highest BCUT2D eigenvalue weighted by molar-refractivity contribution is 6.18. The Balaban J connectivity index is 1.53. The molecule has 0 unspecified atom stereocenters. The number of carbonyl (C=O) groups excluding carboxylic acids is 2. The number of Topliss-reactive ketones (excluding diaryl/α,β-unsaturated/α-hetero) is 1. The van der Waals surface area contributed by atoms with Crippen LogP contribution in [0.25, 0.3) is 0 Å². The number of fused-ring (bicyclic) bond motifs is 5. The average Bonchev–Trinajstić information content (AvgIpc) is 3.25. The number of carbonyl (C=O) groups is 2. The third-order valence-electron chi connectivity index (χ3n) is 11.5. The lowest BCUT2D eigenvalue weighted by Gasteiger charge is -2.55. The molecule has 4 nitrogen and oxygen atoms in total. The zero-order valence-electron chi connectivity index (χ0n) is 22.7. The highest BCUT2D eigenvalue weighted by Crippen LogP contribution is 2.68. The van der Waals surface area contributed by atoms with Gasteiger partial charge in [-0.25, -0.2) is 4.79 Å². The number of esters is 1. The summed E-state index contributed by atoms with van der Waals surface area (Å²) in [7, 11) is 1.25. The van der Waals surface area contributed by atoms with E-state index in [-0.39, 0.29) is 6.42 Å². The predicted molar refractivity (Wildman–Crippen MR) is 135 cm³/mol. The lowest BCUT2D eigenvalue weighted by molar-refractivity contribution is -0.166. The SMILES string of the molecule is CC[C@H](CC[C@@H](C)[C@H]1CC[C@H]2[C@@H]3CC=C4C(=O)[C@](O)(C(=O)OC)C[C@]4(C)[C@H]3CC[C@]12C)C(C)C. The number of allylic oxidation sites excluding steroid dienone is 1. The van der Waals surface area contributed by atoms with E-state index in [0.717, 1.165) is 36.5 Å². The van der Waals surface area contributed by atoms with Gasteiger partial charge in [0.25, 0.3) is 0 Å². The largest absolute Gasteiger partial charge is 0.467 e. The molecule has 9 atom stereocenters. The molecule has 0 aliphatic heterocycles. The molecule has 4 heteroatoms. The molecule has 0 aromatic carbocycles. The van der Waals surface area contributed by atoms with E-state index in [4.69, 9.17) is 4.74 Å². The molecule has 4 rings (SSSR count). The minimum absolute atomic E-state index is 0.176. The van der Waals surface area contributed by atoms with E-state index in [1.165, 1.54) is 45.6 Å². The van der Waals surface area contributed by atoms with Crippen molar-refractivity contribution in [2.75, 3.05) is 7.11 Å². The Morgan fingerprint density at radius 2 is 1.85 bits per heavy atom. The Kier molecular flexibility index (Phi) is 6.90. The summed E-state index contributed by atoms with van der Waals surface area (Å²) in [6, 6.07) is 0. The van der Waals surface area contributed by atoms with Gasteiger partial charge in [0.05, 0.1) is 7.11 Å². The number of hydrogen-bond donors (Lipinski definition) is 1. The fourth-order valence-corrected chi connectivity index (χ4v) is 9.50. The van der Waals surface area contributed by atoms with Crippen molar-refractivity contribution in [3.8, 4) is 0 Å². The second kappa shape index (κ2) is 9.05. The summed E-state index contributed by atoms with van der Waals surface area (Å²) in [5.41, 5.74) is -1.39. The topological polar surface area (TPSA) is 63.6 Å². The molecule has 0 aromatic rings. The van der Waals surface area contributed by atoms with Gasteiger partial charge in [-0.2, -0.15) is 0 Å². The van der Waals surface area contributed by atoms with Crippen LogP contribution in [0.2, 0.25) is 0 Å². The highest BCUT2D eigenvalue weighted by Gasteiger charge is 2.67. The second-order valence-electron chi connectivity index (χ2n) is 13.2. The van der Waals surface area contributed by atoms with E-state index >= 15 is 0 Å². The van der Waals surface area contributed by atoms with Crippen LogP contribution in [0.4, 0.5) is 0 Å². The van der Waals surface area contributed by atoms with E-state index in [2.05, 4.69) is 47.6 Å². The third-order valence-corrected chi connectivity index (χ3v) is 11.5. The summed E-state index contributed by atoms with van der Waals surface area (Å²) in [5.74, 6) is 3.47. The monoisotopic (exact) mass is 472 g/mol. The van der Waals surface area contributed by atoms with Gasteiger partial charge in [-0.3, -0.25) is 4.79 Å². The number of methoxy groups -OCH3 is 1. The molecule has 0 radical (unpaired) electrons. The van der Waals surface area contributed by atoms with Crippen LogP contribution in [0, 0.1) is 52.3 Å². The molecular weight excluding hydrogens is 424 g/mol. The molecule has 3 saturated carbocycles. The van der Waals surface area contributed by atoms with Crippen LogP contribution in [0.1, 0.15) is 99.3 Å². The van der Waals surface area contributed by atoms with Crippen molar-refractivity contribution in [3.63, 3.8) is 0 Å². The number of rotatable bonds is 7. The molecule has 0 amide bonds. The Labute approximate surface area is 207 Å². The standard InChI is InChI=1S/C30H48O4/c1-8-20(18(2)3)10-9-19(4)22-13-14-23-21-11-12-25-26(31)30(33,27(32)34-7)17-29(25,6)24(21)15-16-28(22,23)5/h12,18-24,33H,8-11,13-17H2,1-7H3/t19-,20-,21+,22-,23+,24+,28-,29-,30+/m1/s1. The zero-order chi connectivity index (χ0) is 25.1. The fourth-order valence-electron chi connectivity index (χ4n) is 9.50. The van der Waals surface area contributed by atoms with Crippen molar-refractivity contribution in [2.45, 2.75) is 105 Å². The van der Waals surface area contributed by atoms with Crippen molar-refractivity contribution in [2.24, 2.45) is 52.3 Å². The first-order valence-corrected chi connectivity index (χ1v) is 14.0. The van der Waals surface area contributed by atoms with Crippen LogP contribution in [0.15, 0.2) is 11.6 Å². The molecule has 0 spiro atoms. The number of ether oxygens (including phenoxy) is 1. The molecule has 4 aliphatic carbocycles. The summed E-state index contributed by atoms with van der Waals surface area (Å²) >= 11 is 0. The Bertz CT molecular complexity index is 845. The van der Waals surface area contributed by atoms with E-state index in [9.17, 15) is 14.7 Å². The van der Waals surface area contributed by atoms with Crippen LogP contribution in [-0.2, 0) is 14.3 Å². The lowest BCUT2D eigenvalue weighted by atomic mass is 9.49. The Hall–Kier alpha value is -1.16. The van der Waals surface area contributed by atoms with Crippen LogP contribution < -0.4 is 0 Å². The summed E-state index contributed by atoms with van der Waals surface area (Å²) < 4.78 is 4.85. The van der Waals surface area contributed by atoms with Crippen LogP contribution in [-0.4, -0.2) is 29.6 Å². The summed E-state index contributed by atoms with van der Waals surface area (Å²) in [6.07, 6.45) is 12.0. The Morgan fingerprint density at radius 1 is 1.15 bits per heavy atom. The minimum atomic E-state index is -2.01. The molecule has 3 fully saturated rings. The van der Waals surface area contributed by atoms with Crippen molar-refractivity contribution in [1.29, 1.82) is 0 Å². The lowest BCUT2D eigenvalue weighted by Crippen LogP contribution is -2.49. The van der Waals surface area contributed by atoms with Gasteiger partial charge in [0.1, 0.15) is 0 Å². The molecule has 0 saturated heterocycles. The Morgan fingerprint density at radius 3 is 2.47 bits per heavy atom. The van der Waals surface area contributed by atoms with Gasteiger partial charge >= 0.3 is 5.97 Å². The van der Waals surface area contributed by atoms with Crippen LogP contribution >= 0.6 is 0 Å². The van der Waals surface area contributed by atoms with Crippen molar-refractivity contribution < 1.29 is 19.4 Å². The van der Waals surface area contributed by atoms with Gasteiger partial charge in [-0.15, -0.1) is 0 Å². The zero-order valence-corrected chi connectivity index (χ0v) is 22.7. The molecule has 34 heavy (non-hydrogen) atoms. The summed E-state index contributed by atoms with van der Waals surface area (Å²) in [4.78, 5) is 25.6. The normalized spacial score (nSPS) is 43.1. The highest BCUT2D eigenvalue weighted by atomic mass is 16.5. The first-order chi connectivity index (χ1) is 15.9. The van der Waals surface area contributed by atoms with E-state index < -0.39 is 22.8 Å². The number of hydrogen-bond acceptors (Lipinski definition) is 4. The van der Waals surface area contributed by atoms with Gasteiger partial charge in [0.15, 0.2) is 0 Å². The maximum Gasteiger partial charge on any atom is 0.346 e. The van der Waals surface area contributed by atoms with Crippen LogP contribution in [0.5, 0.6) is 0 Å². The molecule has 0 heterocycles. The quantitative estimate of drug-likeness (QED) is 0.346. The molecule has 1 N–H and O–H groups in total. The van der Waals surface area contributed by atoms with Crippen LogP contribution in [0.3, 0.4) is 0 Å². The van der Waals surface area contributed by atoms with Gasteiger partial charge in [-0.05, 0) is 85.4 Å². The molecule has 0 bridgehead atoms. The fraction of sp³-hybridized carbons (Fsp3) is 0.867. The molecule has 192 valence electrons. The number of aliphatic hydroxyl groups is 1. The van der Waals surface area contributed by atoms with E-state index in [0.29, 0.717) is 28.7 Å². The molecular formula is C30H48O4. The second-order valence-corrected chi connectivity index (χ2v) is 13.2. The third kappa shape index (κ3) is 3.73. The van der Waals surface area contributed by atoms with Gasteiger partial charge in [-0.1, -0.05) is 60.5 Å². The maximum atomic E-state index is 13.2. The van der Waals surface area contributed by atoms with Gasteiger partial charge in [0, 0.05) is 17.4 Å². The van der Waals surface area contributed by atoms with Crippen molar-refractivity contribution in [1.82, 2.24) is 0 Å². The molecule has 4 aliphatic rings. The average molecular weight is 473 g/mol. The first kappa shape index (κ1) is 25.9.